The SMILES string of the molecule is N/C(=N\OC(=O)c1ccc(-c2ccccc2)cc1)c1ccc(Cl)cc1Cl. The van der Waals surface area contributed by atoms with E-state index < -0.39 is 5.97 Å². The summed E-state index contributed by atoms with van der Waals surface area (Å²) in [6, 6.07) is 21.6. The number of carbonyl (C=O) groups is 1. The van der Waals surface area contributed by atoms with Crippen molar-refractivity contribution in [1.29, 1.82) is 0 Å². The van der Waals surface area contributed by atoms with Gasteiger partial charge in [0.25, 0.3) is 0 Å². The summed E-state index contributed by atoms with van der Waals surface area (Å²) >= 11 is 11.9. The molecule has 2 N–H and O–H groups in total. The molecule has 0 spiro atoms. The lowest BCUT2D eigenvalue weighted by atomic mass is 10.0. The minimum absolute atomic E-state index is 0.0130. The molecular formula is C20H14Cl2N2O2. The number of oxime groups is 1. The van der Waals surface area contributed by atoms with Crippen molar-refractivity contribution in [3.05, 3.63) is 94.0 Å². The molecule has 3 aromatic carbocycles. The molecule has 26 heavy (non-hydrogen) atoms. The van der Waals surface area contributed by atoms with E-state index in [0.717, 1.165) is 11.1 Å². The highest BCUT2D eigenvalue weighted by Crippen LogP contribution is 2.21. The molecule has 0 aliphatic rings. The van der Waals surface area contributed by atoms with Crippen molar-refractivity contribution in [2.75, 3.05) is 0 Å². The summed E-state index contributed by atoms with van der Waals surface area (Å²) in [4.78, 5) is 17.0. The van der Waals surface area contributed by atoms with Crippen LogP contribution in [-0.4, -0.2) is 11.8 Å². The van der Waals surface area contributed by atoms with Crippen molar-refractivity contribution in [3.8, 4) is 11.1 Å². The third-order valence-corrected chi connectivity index (χ3v) is 4.21. The number of hydrogen-bond acceptors (Lipinski definition) is 3. The van der Waals surface area contributed by atoms with Gasteiger partial charge < -0.3 is 10.6 Å². The third kappa shape index (κ3) is 4.23. The first kappa shape index (κ1) is 18.0. The van der Waals surface area contributed by atoms with Gasteiger partial charge in [-0.05, 0) is 41.5 Å². The van der Waals surface area contributed by atoms with Crippen LogP contribution in [0.3, 0.4) is 0 Å². The molecule has 0 heterocycles. The number of rotatable bonds is 4. The first-order valence-corrected chi connectivity index (χ1v) is 8.46. The van der Waals surface area contributed by atoms with Gasteiger partial charge in [0.1, 0.15) is 0 Å². The lowest BCUT2D eigenvalue weighted by Gasteiger charge is -2.05. The van der Waals surface area contributed by atoms with Crippen LogP contribution in [0.4, 0.5) is 0 Å². The zero-order valence-corrected chi connectivity index (χ0v) is 15.0. The van der Waals surface area contributed by atoms with Gasteiger partial charge in [-0.15, -0.1) is 0 Å². The third-order valence-electron chi connectivity index (χ3n) is 3.66. The highest BCUT2D eigenvalue weighted by molar-refractivity contribution is 6.36. The fourth-order valence-corrected chi connectivity index (χ4v) is 2.82. The van der Waals surface area contributed by atoms with Crippen LogP contribution in [0, 0.1) is 0 Å². The van der Waals surface area contributed by atoms with Crippen LogP contribution >= 0.6 is 23.2 Å². The predicted octanol–water partition coefficient (Wildman–Crippen LogP) is 5.14. The molecule has 0 bridgehead atoms. The van der Waals surface area contributed by atoms with Crippen LogP contribution in [0.25, 0.3) is 11.1 Å². The fraction of sp³-hybridized carbons (Fsp3) is 0. The average Bonchev–Trinajstić information content (AvgIpc) is 2.66. The van der Waals surface area contributed by atoms with E-state index in [0.29, 0.717) is 21.2 Å². The summed E-state index contributed by atoms with van der Waals surface area (Å²) < 4.78 is 0. The molecule has 0 amide bonds. The van der Waals surface area contributed by atoms with Crippen LogP contribution in [0.15, 0.2) is 78.0 Å². The van der Waals surface area contributed by atoms with Gasteiger partial charge in [-0.25, -0.2) is 4.79 Å². The van der Waals surface area contributed by atoms with Crippen molar-refractivity contribution >= 4 is 35.0 Å². The first-order chi connectivity index (χ1) is 12.5. The summed E-state index contributed by atoms with van der Waals surface area (Å²) in [7, 11) is 0. The van der Waals surface area contributed by atoms with E-state index in [1.54, 1.807) is 24.3 Å². The molecule has 130 valence electrons. The molecule has 3 rings (SSSR count). The Morgan fingerprint density at radius 2 is 1.54 bits per heavy atom. The van der Waals surface area contributed by atoms with E-state index in [2.05, 4.69) is 5.16 Å². The van der Waals surface area contributed by atoms with E-state index in [4.69, 9.17) is 33.8 Å². The normalized spacial score (nSPS) is 11.2. The number of halogens is 2. The maximum atomic E-state index is 12.1. The lowest BCUT2D eigenvalue weighted by molar-refractivity contribution is 0.0516. The largest absolute Gasteiger partial charge is 0.380 e. The Morgan fingerprint density at radius 1 is 0.885 bits per heavy atom. The molecule has 0 aromatic heterocycles. The van der Waals surface area contributed by atoms with Crippen molar-refractivity contribution < 1.29 is 9.63 Å². The smallest absolute Gasteiger partial charge is 0.365 e. The molecule has 0 saturated carbocycles. The highest BCUT2D eigenvalue weighted by Gasteiger charge is 2.10. The maximum Gasteiger partial charge on any atom is 0.365 e. The summed E-state index contributed by atoms with van der Waals surface area (Å²) in [5.74, 6) is -0.626. The quantitative estimate of drug-likeness (QED) is 0.293. The second-order valence-electron chi connectivity index (χ2n) is 5.42. The Morgan fingerprint density at radius 3 is 2.19 bits per heavy atom. The van der Waals surface area contributed by atoms with Crippen molar-refractivity contribution in [2.24, 2.45) is 10.9 Å². The Balaban J connectivity index is 1.71. The molecule has 0 saturated heterocycles. The van der Waals surface area contributed by atoms with Gasteiger partial charge >= 0.3 is 5.97 Å². The molecule has 0 atom stereocenters. The monoisotopic (exact) mass is 384 g/mol. The van der Waals surface area contributed by atoms with Crippen molar-refractivity contribution in [2.45, 2.75) is 0 Å². The number of hydrogen-bond donors (Lipinski definition) is 1. The zero-order chi connectivity index (χ0) is 18.5. The van der Waals surface area contributed by atoms with E-state index in [-0.39, 0.29) is 5.84 Å². The Kier molecular flexibility index (Phi) is 5.56. The van der Waals surface area contributed by atoms with Gasteiger partial charge in [0.15, 0.2) is 5.84 Å². The molecule has 6 heteroatoms. The van der Waals surface area contributed by atoms with Gasteiger partial charge in [0.05, 0.1) is 10.6 Å². The van der Waals surface area contributed by atoms with Crippen LogP contribution in [-0.2, 0) is 4.84 Å². The van der Waals surface area contributed by atoms with E-state index >= 15 is 0 Å². The van der Waals surface area contributed by atoms with E-state index in [1.165, 1.54) is 6.07 Å². The number of amidine groups is 1. The standard InChI is InChI=1S/C20H14Cl2N2O2/c21-16-10-11-17(18(22)12-16)19(23)24-26-20(25)15-8-6-14(7-9-15)13-4-2-1-3-5-13/h1-12H,(H2,23,24). The zero-order valence-electron chi connectivity index (χ0n) is 13.5. The Bertz CT molecular complexity index is 955. The summed E-state index contributed by atoms with van der Waals surface area (Å²) in [6.45, 7) is 0. The first-order valence-electron chi connectivity index (χ1n) is 7.70. The van der Waals surface area contributed by atoms with Gasteiger partial charge in [-0.1, -0.05) is 70.8 Å². The summed E-state index contributed by atoms with van der Waals surface area (Å²) in [6.07, 6.45) is 0. The van der Waals surface area contributed by atoms with E-state index in [1.807, 2.05) is 42.5 Å². The van der Waals surface area contributed by atoms with Crippen molar-refractivity contribution in [1.82, 2.24) is 0 Å². The average molecular weight is 385 g/mol. The topological polar surface area (TPSA) is 64.7 Å². The molecule has 0 fully saturated rings. The van der Waals surface area contributed by atoms with Crippen LogP contribution in [0.1, 0.15) is 15.9 Å². The molecular weight excluding hydrogens is 371 g/mol. The molecule has 0 unspecified atom stereocenters. The molecule has 0 radical (unpaired) electrons. The predicted molar refractivity (Wildman–Crippen MR) is 104 cm³/mol. The molecule has 3 aromatic rings. The number of nitrogens with two attached hydrogens (primary N) is 1. The van der Waals surface area contributed by atoms with Crippen LogP contribution < -0.4 is 5.73 Å². The molecule has 4 nitrogen and oxygen atoms in total. The second kappa shape index (κ2) is 8.04. The number of benzene rings is 3. The summed E-state index contributed by atoms with van der Waals surface area (Å²) in [5, 5.41) is 4.45. The minimum atomic E-state index is -0.613. The Labute approximate surface area is 160 Å². The number of carbonyl (C=O) groups excluding carboxylic acids is 1. The summed E-state index contributed by atoms with van der Waals surface area (Å²) in [5.41, 5.74) is 8.68. The highest BCUT2D eigenvalue weighted by atomic mass is 35.5. The van der Waals surface area contributed by atoms with Crippen LogP contribution in [0.5, 0.6) is 0 Å². The fourth-order valence-electron chi connectivity index (χ4n) is 2.32. The van der Waals surface area contributed by atoms with Crippen molar-refractivity contribution in [3.63, 3.8) is 0 Å². The van der Waals surface area contributed by atoms with Gasteiger partial charge in [-0.2, -0.15) is 0 Å². The number of nitrogens with zero attached hydrogens (tertiary/aromatic N) is 1. The van der Waals surface area contributed by atoms with Gasteiger partial charge in [-0.3, -0.25) is 0 Å². The van der Waals surface area contributed by atoms with E-state index in [9.17, 15) is 4.79 Å². The molecule has 0 aliphatic carbocycles. The lowest BCUT2D eigenvalue weighted by Crippen LogP contribution is -2.15. The second-order valence-corrected chi connectivity index (χ2v) is 6.27. The van der Waals surface area contributed by atoms with Crippen LogP contribution in [0.2, 0.25) is 10.0 Å². The Hall–Kier alpha value is -2.82. The maximum absolute atomic E-state index is 12.1. The van der Waals surface area contributed by atoms with Gasteiger partial charge in [0, 0.05) is 10.6 Å². The van der Waals surface area contributed by atoms with Gasteiger partial charge in [0.2, 0.25) is 0 Å². The molecule has 0 aliphatic heterocycles. The minimum Gasteiger partial charge on any atom is -0.380 e.